The molecule has 0 fully saturated rings. The Balaban J connectivity index is 3.38. The highest BCUT2D eigenvalue weighted by atomic mass is 35.5. The first-order chi connectivity index (χ1) is 9.22. The zero-order valence-electron chi connectivity index (χ0n) is 12.9. The molecular formula is C15H22ClNO3. The van der Waals surface area contributed by atoms with Gasteiger partial charge in [-0.3, -0.25) is 4.79 Å². The van der Waals surface area contributed by atoms with Crippen LogP contribution in [0.3, 0.4) is 0 Å². The molecule has 0 aliphatic heterocycles. The van der Waals surface area contributed by atoms with Crippen molar-refractivity contribution in [2.45, 2.75) is 46.0 Å². The smallest absolute Gasteiger partial charge is 0.329 e. The number of hydrogen-bond donors (Lipinski definition) is 0. The number of methoxy groups -OCH3 is 1. The number of aromatic nitrogens is 1. The monoisotopic (exact) mass is 299 g/mol. The van der Waals surface area contributed by atoms with Crippen molar-refractivity contribution < 1.29 is 14.3 Å². The van der Waals surface area contributed by atoms with Crippen LogP contribution in [0.5, 0.6) is 0 Å². The van der Waals surface area contributed by atoms with Gasteiger partial charge in [0.25, 0.3) is 0 Å². The summed E-state index contributed by atoms with van der Waals surface area (Å²) in [5.41, 5.74) is 2.18. The van der Waals surface area contributed by atoms with Crippen molar-refractivity contribution in [3.8, 4) is 0 Å². The number of alkyl halides is 1. The molecule has 0 radical (unpaired) electrons. The number of carbonyl (C=O) groups is 2. The Morgan fingerprint density at radius 1 is 1.25 bits per heavy atom. The zero-order valence-corrected chi connectivity index (χ0v) is 13.6. The van der Waals surface area contributed by atoms with Gasteiger partial charge in [-0.1, -0.05) is 13.8 Å². The maximum atomic E-state index is 12.1. The van der Waals surface area contributed by atoms with E-state index in [2.05, 4.69) is 0 Å². The molecule has 112 valence electrons. The van der Waals surface area contributed by atoms with Gasteiger partial charge in [0.1, 0.15) is 6.04 Å². The van der Waals surface area contributed by atoms with Crippen LogP contribution < -0.4 is 0 Å². The first-order valence-corrected chi connectivity index (χ1v) is 7.10. The van der Waals surface area contributed by atoms with Gasteiger partial charge in [0.15, 0.2) is 5.78 Å². The van der Waals surface area contributed by atoms with Crippen LogP contribution in [0.4, 0.5) is 0 Å². The number of halogens is 1. The third-order valence-corrected chi connectivity index (χ3v) is 3.66. The summed E-state index contributed by atoms with van der Waals surface area (Å²) in [5, 5.41) is -0.584. The molecule has 2 unspecified atom stereocenters. The highest BCUT2D eigenvalue weighted by Crippen LogP contribution is 2.28. The molecule has 0 amide bonds. The molecule has 0 saturated carbocycles. The van der Waals surface area contributed by atoms with Crippen molar-refractivity contribution in [2.24, 2.45) is 5.92 Å². The predicted molar refractivity (Wildman–Crippen MR) is 79.4 cm³/mol. The number of esters is 1. The fraction of sp³-hybridized carbons (Fsp3) is 0.600. The van der Waals surface area contributed by atoms with E-state index in [-0.39, 0.29) is 17.7 Å². The molecule has 0 aliphatic rings. The lowest BCUT2D eigenvalue weighted by Crippen LogP contribution is -2.27. The minimum absolute atomic E-state index is 0.0589. The van der Waals surface area contributed by atoms with Crippen molar-refractivity contribution >= 4 is 23.4 Å². The highest BCUT2D eigenvalue weighted by molar-refractivity contribution is 6.33. The van der Waals surface area contributed by atoms with Crippen LogP contribution in [0.1, 0.15) is 48.6 Å². The van der Waals surface area contributed by atoms with Gasteiger partial charge in [-0.15, -0.1) is 11.6 Å². The first-order valence-electron chi connectivity index (χ1n) is 6.66. The van der Waals surface area contributed by atoms with Gasteiger partial charge in [0.2, 0.25) is 0 Å². The van der Waals surface area contributed by atoms with Crippen LogP contribution >= 0.6 is 11.6 Å². The number of rotatable bonds is 5. The summed E-state index contributed by atoms with van der Waals surface area (Å²) in [6, 6.07) is 1.35. The summed E-state index contributed by atoms with van der Waals surface area (Å²) in [6.45, 7) is 9.26. The van der Waals surface area contributed by atoms with Crippen LogP contribution in [0.2, 0.25) is 0 Å². The lowest BCUT2D eigenvalue weighted by atomic mass is 10.0. The molecular weight excluding hydrogens is 278 g/mol. The summed E-state index contributed by atoms with van der Waals surface area (Å²) in [6.07, 6.45) is 0. The molecule has 1 rings (SSSR count). The van der Waals surface area contributed by atoms with E-state index in [1.165, 1.54) is 7.11 Å². The van der Waals surface area contributed by atoms with Gasteiger partial charge in [-0.2, -0.15) is 0 Å². The molecule has 0 aromatic carbocycles. The highest BCUT2D eigenvalue weighted by Gasteiger charge is 2.30. The fourth-order valence-corrected chi connectivity index (χ4v) is 2.58. The molecule has 2 atom stereocenters. The molecule has 1 heterocycles. The number of Topliss-reactive ketones (excluding diaryl/α,β-unsaturated/α-hetero) is 1. The van der Waals surface area contributed by atoms with Crippen molar-refractivity contribution in [1.82, 2.24) is 4.57 Å². The molecule has 0 saturated heterocycles. The summed E-state index contributed by atoms with van der Waals surface area (Å²) in [7, 11) is 1.37. The number of nitrogens with zero attached hydrogens (tertiary/aromatic N) is 1. The molecule has 20 heavy (non-hydrogen) atoms. The van der Waals surface area contributed by atoms with E-state index in [9.17, 15) is 9.59 Å². The normalized spacial score (nSPS) is 14.2. The molecule has 4 nitrogen and oxygen atoms in total. The second-order valence-corrected chi connectivity index (χ2v) is 6.00. The molecule has 0 spiro atoms. The van der Waals surface area contributed by atoms with Gasteiger partial charge in [0.05, 0.1) is 12.5 Å². The summed E-state index contributed by atoms with van der Waals surface area (Å²) in [5.74, 6) is -0.373. The average molecular weight is 300 g/mol. The quantitative estimate of drug-likeness (QED) is 0.476. The van der Waals surface area contributed by atoms with E-state index >= 15 is 0 Å². The van der Waals surface area contributed by atoms with Crippen molar-refractivity contribution in [1.29, 1.82) is 0 Å². The van der Waals surface area contributed by atoms with Crippen molar-refractivity contribution in [3.63, 3.8) is 0 Å². The second-order valence-electron chi connectivity index (χ2n) is 5.35. The Bertz CT molecular complexity index is 517. The zero-order chi connectivity index (χ0) is 15.6. The SMILES string of the molecule is COC(=O)C(C(C)C)n1c(C)cc(C(=O)C(C)Cl)c1C. The van der Waals surface area contributed by atoms with E-state index in [1.807, 2.05) is 32.3 Å². The lowest BCUT2D eigenvalue weighted by molar-refractivity contribution is -0.146. The minimum Gasteiger partial charge on any atom is -0.467 e. The van der Waals surface area contributed by atoms with Crippen molar-refractivity contribution in [3.05, 3.63) is 23.0 Å². The fourth-order valence-electron chi connectivity index (χ4n) is 2.47. The molecule has 1 aromatic rings. The van der Waals surface area contributed by atoms with Crippen LogP contribution in [-0.4, -0.2) is 28.8 Å². The predicted octanol–water partition coefficient (Wildman–Crippen LogP) is 3.29. The average Bonchev–Trinajstić information content (AvgIpc) is 2.65. The number of aryl methyl sites for hydroxylation is 1. The molecule has 0 N–H and O–H groups in total. The Hall–Kier alpha value is -1.29. The third-order valence-electron chi connectivity index (χ3n) is 3.46. The van der Waals surface area contributed by atoms with Crippen LogP contribution in [0.15, 0.2) is 6.07 Å². The Labute approximate surface area is 125 Å². The topological polar surface area (TPSA) is 48.3 Å². The maximum absolute atomic E-state index is 12.1. The van der Waals surface area contributed by atoms with E-state index in [0.29, 0.717) is 5.56 Å². The lowest BCUT2D eigenvalue weighted by Gasteiger charge is -2.23. The van der Waals surface area contributed by atoms with E-state index in [1.54, 1.807) is 13.0 Å². The van der Waals surface area contributed by atoms with Gasteiger partial charge < -0.3 is 9.30 Å². The standard InChI is InChI=1S/C15H22ClNO3/c1-8(2)13(15(19)20-6)17-9(3)7-12(11(17)5)14(18)10(4)16/h7-8,10,13H,1-6H3. The summed E-state index contributed by atoms with van der Waals surface area (Å²) < 4.78 is 6.75. The van der Waals surface area contributed by atoms with Gasteiger partial charge in [0, 0.05) is 17.0 Å². The Morgan fingerprint density at radius 3 is 2.20 bits per heavy atom. The van der Waals surface area contributed by atoms with E-state index < -0.39 is 11.4 Å². The third kappa shape index (κ3) is 3.06. The molecule has 5 heteroatoms. The first kappa shape index (κ1) is 16.8. The van der Waals surface area contributed by atoms with Crippen molar-refractivity contribution in [2.75, 3.05) is 7.11 Å². The van der Waals surface area contributed by atoms with Crippen LogP contribution in [-0.2, 0) is 9.53 Å². The van der Waals surface area contributed by atoms with Crippen LogP contribution in [0.25, 0.3) is 0 Å². The van der Waals surface area contributed by atoms with Gasteiger partial charge >= 0.3 is 5.97 Å². The molecule has 1 aromatic heterocycles. The second kappa shape index (κ2) is 6.44. The Morgan fingerprint density at radius 2 is 1.80 bits per heavy atom. The number of hydrogen-bond acceptors (Lipinski definition) is 3. The number of carbonyl (C=O) groups excluding carboxylic acids is 2. The Kier molecular flexibility index (Phi) is 5.40. The number of ketones is 1. The summed E-state index contributed by atoms with van der Waals surface area (Å²) in [4.78, 5) is 24.1. The van der Waals surface area contributed by atoms with E-state index in [0.717, 1.165) is 11.4 Å². The van der Waals surface area contributed by atoms with Gasteiger partial charge in [-0.05, 0) is 32.8 Å². The maximum Gasteiger partial charge on any atom is 0.329 e. The van der Waals surface area contributed by atoms with E-state index in [4.69, 9.17) is 16.3 Å². The van der Waals surface area contributed by atoms with Gasteiger partial charge in [-0.25, -0.2) is 4.79 Å². The largest absolute Gasteiger partial charge is 0.467 e. The van der Waals surface area contributed by atoms with Crippen LogP contribution in [0, 0.1) is 19.8 Å². The minimum atomic E-state index is -0.584. The molecule has 0 bridgehead atoms. The molecule has 0 aliphatic carbocycles. The summed E-state index contributed by atoms with van der Waals surface area (Å²) >= 11 is 5.88. The number of ether oxygens (including phenoxy) is 1.